The molecule has 2 nitrogen and oxygen atoms in total. The molecule has 1 aliphatic rings. The number of likely N-dealkylation sites (tertiary alicyclic amines) is 1. The third-order valence-electron chi connectivity index (χ3n) is 3.64. The maximum absolute atomic E-state index is 13.2. The zero-order valence-corrected chi connectivity index (χ0v) is 10.5. The van der Waals surface area contributed by atoms with Gasteiger partial charge in [0.1, 0.15) is 0 Å². The quantitative estimate of drug-likeness (QED) is 0.898. The lowest BCUT2D eigenvalue weighted by Gasteiger charge is -2.28. The summed E-state index contributed by atoms with van der Waals surface area (Å²) < 4.78 is 26.1. The first kappa shape index (κ1) is 13.4. The van der Waals surface area contributed by atoms with Crippen LogP contribution in [-0.2, 0) is 6.54 Å². The minimum Gasteiger partial charge on any atom is -0.329 e. The van der Waals surface area contributed by atoms with E-state index in [1.165, 1.54) is 25.0 Å². The van der Waals surface area contributed by atoms with E-state index in [4.69, 9.17) is 5.73 Å². The second-order valence-corrected chi connectivity index (χ2v) is 4.96. The van der Waals surface area contributed by atoms with Crippen LogP contribution in [0.25, 0.3) is 0 Å². The summed E-state index contributed by atoms with van der Waals surface area (Å²) in [6.45, 7) is 2.27. The predicted molar refractivity (Wildman–Crippen MR) is 68.1 cm³/mol. The summed E-state index contributed by atoms with van der Waals surface area (Å²) >= 11 is 0. The van der Waals surface area contributed by atoms with Gasteiger partial charge in [0.25, 0.3) is 0 Å². The number of halogens is 2. The zero-order chi connectivity index (χ0) is 13.0. The van der Waals surface area contributed by atoms with Gasteiger partial charge < -0.3 is 5.73 Å². The van der Waals surface area contributed by atoms with Crippen LogP contribution in [0.15, 0.2) is 18.2 Å². The van der Waals surface area contributed by atoms with Crippen LogP contribution in [0.4, 0.5) is 8.78 Å². The number of rotatable bonds is 3. The van der Waals surface area contributed by atoms with E-state index >= 15 is 0 Å². The molecule has 2 N–H and O–H groups in total. The highest BCUT2D eigenvalue weighted by molar-refractivity contribution is 5.17. The summed E-state index contributed by atoms with van der Waals surface area (Å²) in [7, 11) is 0. The van der Waals surface area contributed by atoms with Gasteiger partial charge in [-0.15, -0.1) is 0 Å². The molecule has 0 bridgehead atoms. The first-order valence-corrected chi connectivity index (χ1v) is 6.58. The average molecular weight is 254 g/mol. The predicted octanol–water partition coefficient (Wildman–Crippen LogP) is 2.67. The van der Waals surface area contributed by atoms with Gasteiger partial charge in [-0.25, -0.2) is 8.78 Å². The zero-order valence-electron chi connectivity index (χ0n) is 10.5. The maximum Gasteiger partial charge on any atom is 0.159 e. The molecule has 1 aromatic carbocycles. The van der Waals surface area contributed by atoms with Crippen LogP contribution in [0.5, 0.6) is 0 Å². The Bertz CT molecular complexity index is 395. The second kappa shape index (κ2) is 6.25. The van der Waals surface area contributed by atoms with E-state index in [1.54, 1.807) is 6.07 Å². The van der Waals surface area contributed by atoms with Gasteiger partial charge in [0.05, 0.1) is 0 Å². The van der Waals surface area contributed by atoms with E-state index in [2.05, 4.69) is 4.90 Å². The summed E-state index contributed by atoms with van der Waals surface area (Å²) in [5, 5.41) is 0. The van der Waals surface area contributed by atoms with E-state index in [9.17, 15) is 8.78 Å². The van der Waals surface area contributed by atoms with Crippen molar-refractivity contribution in [2.75, 3.05) is 13.1 Å². The van der Waals surface area contributed by atoms with E-state index in [0.717, 1.165) is 24.9 Å². The van der Waals surface area contributed by atoms with E-state index < -0.39 is 11.6 Å². The molecule has 0 radical (unpaired) electrons. The van der Waals surface area contributed by atoms with Crippen molar-refractivity contribution in [3.8, 4) is 0 Å². The number of hydrogen-bond acceptors (Lipinski definition) is 2. The number of hydrogen-bond donors (Lipinski definition) is 1. The van der Waals surface area contributed by atoms with Crippen molar-refractivity contribution in [1.29, 1.82) is 0 Å². The minimum atomic E-state index is -0.787. The average Bonchev–Trinajstić information content (AvgIpc) is 2.59. The SMILES string of the molecule is NCC1CCCCCN1Cc1ccc(F)c(F)c1. The molecule has 0 spiro atoms. The number of benzene rings is 1. The highest BCUT2D eigenvalue weighted by atomic mass is 19.2. The molecular formula is C14H20F2N2. The van der Waals surface area contributed by atoms with Crippen LogP contribution in [0, 0.1) is 11.6 Å². The van der Waals surface area contributed by atoms with Gasteiger partial charge in [-0.3, -0.25) is 4.90 Å². The highest BCUT2D eigenvalue weighted by Crippen LogP contribution is 2.19. The number of nitrogens with zero attached hydrogens (tertiary/aromatic N) is 1. The molecule has 4 heteroatoms. The van der Waals surface area contributed by atoms with Crippen molar-refractivity contribution in [3.63, 3.8) is 0 Å². The fourth-order valence-corrected chi connectivity index (χ4v) is 2.58. The second-order valence-electron chi connectivity index (χ2n) is 4.96. The molecule has 0 aliphatic carbocycles. The summed E-state index contributed by atoms with van der Waals surface area (Å²) in [6, 6.07) is 4.49. The van der Waals surface area contributed by atoms with Crippen LogP contribution in [0.2, 0.25) is 0 Å². The largest absolute Gasteiger partial charge is 0.329 e. The summed E-state index contributed by atoms with van der Waals surface area (Å²) in [5.41, 5.74) is 6.61. The molecule has 1 fully saturated rings. The van der Waals surface area contributed by atoms with E-state index in [1.807, 2.05) is 0 Å². The van der Waals surface area contributed by atoms with Crippen molar-refractivity contribution in [1.82, 2.24) is 4.90 Å². The summed E-state index contributed by atoms with van der Waals surface area (Å²) in [5.74, 6) is -1.56. The lowest BCUT2D eigenvalue weighted by Crippen LogP contribution is -2.39. The molecule has 0 amide bonds. The molecule has 0 aromatic heterocycles. The van der Waals surface area contributed by atoms with Gasteiger partial charge in [-0.05, 0) is 37.1 Å². The molecule has 100 valence electrons. The maximum atomic E-state index is 13.2. The van der Waals surface area contributed by atoms with Crippen LogP contribution in [0.3, 0.4) is 0 Å². The molecule has 1 atom stereocenters. The van der Waals surface area contributed by atoms with Crippen molar-refractivity contribution >= 4 is 0 Å². The Morgan fingerprint density at radius 2 is 2.00 bits per heavy atom. The molecule has 18 heavy (non-hydrogen) atoms. The van der Waals surface area contributed by atoms with Crippen LogP contribution < -0.4 is 5.73 Å². The van der Waals surface area contributed by atoms with Crippen molar-refractivity contribution in [2.45, 2.75) is 38.3 Å². The van der Waals surface area contributed by atoms with Crippen LogP contribution in [0.1, 0.15) is 31.2 Å². The fraction of sp³-hybridized carbons (Fsp3) is 0.571. The standard InChI is InChI=1S/C14H20F2N2/c15-13-6-5-11(8-14(13)16)10-18-7-3-1-2-4-12(18)9-17/h5-6,8,12H,1-4,7,9-10,17H2. The Kier molecular flexibility index (Phi) is 4.66. The smallest absolute Gasteiger partial charge is 0.159 e. The molecule has 1 heterocycles. The third kappa shape index (κ3) is 3.27. The molecule has 1 saturated heterocycles. The topological polar surface area (TPSA) is 29.3 Å². The van der Waals surface area contributed by atoms with E-state index in [0.29, 0.717) is 19.1 Å². The monoisotopic (exact) mass is 254 g/mol. The third-order valence-corrected chi connectivity index (χ3v) is 3.64. The molecule has 1 aliphatic heterocycles. The Morgan fingerprint density at radius 1 is 1.17 bits per heavy atom. The normalized spacial score (nSPS) is 21.8. The highest BCUT2D eigenvalue weighted by Gasteiger charge is 2.19. The van der Waals surface area contributed by atoms with Gasteiger partial charge >= 0.3 is 0 Å². The summed E-state index contributed by atoms with van der Waals surface area (Å²) in [6.07, 6.45) is 4.68. The first-order valence-electron chi connectivity index (χ1n) is 6.58. The Labute approximate surface area is 107 Å². The Morgan fingerprint density at radius 3 is 2.72 bits per heavy atom. The number of nitrogens with two attached hydrogens (primary N) is 1. The fourth-order valence-electron chi connectivity index (χ4n) is 2.58. The molecule has 0 saturated carbocycles. The van der Waals surface area contributed by atoms with Gasteiger partial charge in [0.15, 0.2) is 11.6 Å². The Balaban J connectivity index is 2.07. The van der Waals surface area contributed by atoms with Crippen molar-refractivity contribution in [3.05, 3.63) is 35.4 Å². The molecule has 1 unspecified atom stereocenters. The van der Waals surface area contributed by atoms with Gasteiger partial charge in [-0.2, -0.15) is 0 Å². The summed E-state index contributed by atoms with van der Waals surface area (Å²) in [4.78, 5) is 2.29. The first-order chi connectivity index (χ1) is 8.70. The van der Waals surface area contributed by atoms with Crippen LogP contribution in [-0.4, -0.2) is 24.0 Å². The minimum absolute atomic E-state index is 0.362. The van der Waals surface area contributed by atoms with Gasteiger partial charge in [0, 0.05) is 19.1 Å². The van der Waals surface area contributed by atoms with Crippen molar-refractivity contribution < 1.29 is 8.78 Å². The van der Waals surface area contributed by atoms with Gasteiger partial charge in [0.2, 0.25) is 0 Å². The lowest BCUT2D eigenvalue weighted by atomic mass is 10.1. The van der Waals surface area contributed by atoms with Gasteiger partial charge in [-0.1, -0.05) is 18.9 Å². The Hall–Kier alpha value is -1.00. The molecule has 1 aromatic rings. The lowest BCUT2D eigenvalue weighted by molar-refractivity contribution is 0.195. The van der Waals surface area contributed by atoms with Crippen molar-refractivity contribution in [2.24, 2.45) is 5.73 Å². The van der Waals surface area contributed by atoms with E-state index in [-0.39, 0.29) is 0 Å². The molecular weight excluding hydrogens is 234 g/mol. The molecule has 2 rings (SSSR count). The van der Waals surface area contributed by atoms with Crippen LogP contribution >= 0.6 is 0 Å².